The highest BCUT2D eigenvalue weighted by molar-refractivity contribution is 8.00. The molecule has 31 heavy (non-hydrogen) atoms. The highest BCUT2D eigenvalue weighted by atomic mass is 35.5. The third kappa shape index (κ3) is 4.68. The standard InChI is InChI=1S/C23H16ClF2N3OS/c1-13(22(30)27-20-11-8-15(24)12-19(20)26)31-23-18-5-3-2-4-17(18)21(28-29-23)14-6-9-16(25)10-7-14/h2-13H,1H3,(H,27,30). The van der Waals surface area contributed by atoms with E-state index in [-0.39, 0.29) is 22.4 Å². The fourth-order valence-electron chi connectivity index (χ4n) is 3.03. The monoisotopic (exact) mass is 455 g/mol. The lowest BCUT2D eigenvalue weighted by molar-refractivity contribution is -0.115. The summed E-state index contributed by atoms with van der Waals surface area (Å²) in [6.45, 7) is 1.71. The van der Waals surface area contributed by atoms with Crippen LogP contribution in [0.25, 0.3) is 22.0 Å². The molecule has 0 fully saturated rings. The van der Waals surface area contributed by atoms with Gasteiger partial charge in [-0.2, -0.15) is 0 Å². The van der Waals surface area contributed by atoms with Crippen LogP contribution in [0.3, 0.4) is 0 Å². The number of benzene rings is 3. The second kappa shape index (κ2) is 8.99. The smallest absolute Gasteiger partial charge is 0.237 e. The van der Waals surface area contributed by atoms with Crippen molar-refractivity contribution < 1.29 is 13.6 Å². The van der Waals surface area contributed by atoms with Gasteiger partial charge in [0.25, 0.3) is 0 Å². The molecule has 1 amide bonds. The van der Waals surface area contributed by atoms with Crippen molar-refractivity contribution in [2.24, 2.45) is 0 Å². The van der Waals surface area contributed by atoms with Crippen LogP contribution < -0.4 is 5.32 Å². The number of carbonyl (C=O) groups is 1. The fourth-order valence-corrected chi connectivity index (χ4v) is 4.09. The molecule has 156 valence electrons. The van der Waals surface area contributed by atoms with Crippen molar-refractivity contribution in [3.8, 4) is 11.3 Å². The maximum Gasteiger partial charge on any atom is 0.237 e. The van der Waals surface area contributed by atoms with Crippen molar-refractivity contribution in [2.75, 3.05) is 5.32 Å². The SMILES string of the molecule is CC(Sc1nnc(-c2ccc(F)cc2)c2ccccc12)C(=O)Nc1ccc(Cl)cc1F. The predicted molar refractivity (Wildman–Crippen MR) is 120 cm³/mol. The molecule has 4 aromatic rings. The van der Waals surface area contributed by atoms with Crippen molar-refractivity contribution in [2.45, 2.75) is 17.2 Å². The topological polar surface area (TPSA) is 54.9 Å². The van der Waals surface area contributed by atoms with Gasteiger partial charge in [0.1, 0.15) is 22.4 Å². The lowest BCUT2D eigenvalue weighted by Gasteiger charge is -2.14. The molecular formula is C23H16ClF2N3OS. The molecule has 3 aromatic carbocycles. The third-order valence-corrected chi connectivity index (χ3v) is 5.95. The minimum Gasteiger partial charge on any atom is -0.323 e. The number of anilines is 1. The summed E-state index contributed by atoms with van der Waals surface area (Å²) < 4.78 is 27.3. The molecule has 0 spiro atoms. The molecule has 0 aliphatic rings. The Bertz CT molecular complexity index is 1270. The van der Waals surface area contributed by atoms with E-state index in [4.69, 9.17) is 11.6 Å². The molecule has 0 radical (unpaired) electrons. The molecule has 1 aromatic heterocycles. The third-order valence-electron chi connectivity index (χ3n) is 4.62. The van der Waals surface area contributed by atoms with E-state index in [1.807, 2.05) is 24.3 Å². The van der Waals surface area contributed by atoms with Gasteiger partial charge in [0.2, 0.25) is 5.91 Å². The average Bonchev–Trinajstić information content (AvgIpc) is 2.76. The number of amides is 1. The maximum absolute atomic E-state index is 14.0. The number of hydrogen-bond donors (Lipinski definition) is 1. The maximum atomic E-state index is 14.0. The van der Waals surface area contributed by atoms with Crippen LogP contribution in [-0.4, -0.2) is 21.4 Å². The first kappa shape index (κ1) is 21.2. The molecule has 1 atom stereocenters. The second-order valence-electron chi connectivity index (χ2n) is 6.78. The summed E-state index contributed by atoms with van der Waals surface area (Å²) in [6, 6.07) is 17.6. The van der Waals surface area contributed by atoms with E-state index in [1.54, 1.807) is 19.1 Å². The van der Waals surface area contributed by atoms with Crippen molar-refractivity contribution in [1.82, 2.24) is 10.2 Å². The summed E-state index contributed by atoms with van der Waals surface area (Å²) in [5.74, 6) is -1.31. The number of nitrogens with one attached hydrogen (secondary N) is 1. The van der Waals surface area contributed by atoms with Gasteiger partial charge >= 0.3 is 0 Å². The Hall–Kier alpha value is -3.03. The number of thioether (sulfide) groups is 1. The van der Waals surface area contributed by atoms with E-state index in [9.17, 15) is 13.6 Å². The molecular weight excluding hydrogens is 440 g/mol. The second-order valence-corrected chi connectivity index (χ2v) is 8.55. The summed E-state index contributed by atoms with van der Waals surface area (Å²) in [7, 11) is 0. The van der Waals surface area contributed by atoms with Gasteiger partial charge < -0.3 is 5.32 Å². The Kier molecular flexibility index (Phi) is 6.15. The lowest BCUT2D eigenvalue weighted by Crippen LogP contribution is -2.23. The zero-order valence-corrected chi connectivity index (χ0v) is 17.8. The molecule has 1 unspecified atom stereocenters. The molecule has 8 heteroatoms. The largest absolute Gasteiger partial charge is 0.323 e. The first-order chi connectivity index (χ1) is 14.9. The molecule has 4 nitrogen and oxygen atoms in total. The van der Waals surface area contributed by atoms with Crippen LogP contribution in [0.1, 0.15) is 6.92 Å². The molecule has 1 N–H and O–H groups in total. The Morgan fingerprint density at radius 1 is 1.00 bits per heavy atom. The number of carbonyl (C=O) groups excluding carboxylic acids is 1. The highest BCUT2D eigenvalue weighted by Crippen LogP contribution is 2.34. The van der Waals surface area contributed by atoms with Crippen LogP contribution in [0.4, 0.5) is 14.5 Å². The van der Waals surface area contributed by atoms with Crippen LogP contribution >= 0.6 is 23.4 Å². The number of fused-ring (bicyclic) bond motifs is 1. The predicted octanol–water partition coefficient (Wildman–Crippen LogP) is 6.35. The van der Waals surface area contributed by atoms with Crippen molar-refractivity contribution in [1.29, 1.82) is 0 Å². The van der Waals surface area contributed by atoms with Crippen LogP contribution in [0, 0.1) is 11.6 Å². The summed E-state index contributed by atoms with van der Waals surface area (Å²) in [5, 5.41) is 13.1. The minimum absolute atomic E-state index is 0.0597. The van der Waals surface area contributed by atoms with Gasteiger partial charge in [-0.05, 0) is 49.4 Å². The molecule has 0 saturated heterocycles. The summed E-state index contributed by atoms with van der Waals surface area (Å²) >= 11 is 6.97. The summed E-state index contributed by atoms with van der Waals surface area (Å²) in [4.78, 5) is 12.6. The van der Waals surface area contributed by atoms with Gasteiger partial charge in [-0.3, -0.25) is 4.79 Å². The molecule has 1 heterocycles. The van der Waals surface area contributed by atoms with Gasteiger partial charge in [-0.15, -0.1) is 10.2 Å². The molecule has 0 bridgehead atoms. The lowest BCUT2D eigenvalue weighted by atomic mass is 10.1. The number of rotatable bonds is 5. The van der Waals surface area contributed by atoms with E-state index in [0.717, 1.165) is 22.4 Å². The molecule has 0 aliphatic carbocycles. The average molecular weight is 456 g/mol. The van der Waals surface area contributed by atoms with Crippen LogP contribution in [0.5, 0.6) is 0 Å². The normalized spacial score (nSPS) is 12.0. The van der Waals surface area contributed by atoms with E-state index in [1.165, 1.54) is 36.0 Å². The Labute approximate surface area is 186 Å². The number of halogens is 3. The highest BCUT2D eigenvalue weighted by Gasteiger charge is 2.20. The van der Waals surface area contributed by atoms with Crippen LogP contribution in [0.15, 0.2) is 71.8 Å². The van der Waals surface area contributed by atoms with E-state index in [2.05, 4.69) is 15.5 Å². The first-order valence-electron chi connectivity index (χ1n) is 9.36. The van der Waals surface area contributed by atoms with Gasteiger partial charge in [0, 0.05) is 21.4 Å². The van der Waals surface area contributed by atoms with Crippen LogP contribution in [0.2, 0.25) is 5.02 Å². The van der Waals surface area contributed by atoms with Gasteiger partial charge in [0.05, 0.1) is 10.9 Å². The number of aromatic nitrogens is 2. The van der Waals surface area contributed by atoms with E-state index < -0.39 is 11.1 Å². The minimum atomic E-state index is -0.605. The number of hydrogen-bond acceptors (Lipinski definition) is 4. The van der Waals surface area contributed by atoms with Gasteiger partial charge in [-0.25, -0.2) is 8.78 Å². The Morgan fingerprint density at radius 2 is 1.71 bits per heavy atom. The molecule has 0 aliphatic heterocycles. The fraction of sp³-hybridized carbons (Fsp3) is 0.0870. The first-order valence-corrected chi connectivity index (χ1v) is 10.6. The van der Waals surface area contributed by atoms with E-state index >= 15 is 0 Å². The summed E-state index contributed by atoms with van der Waals surface area (Å²) in [5.41, 5.74) is 1.43. The van der Waals surface area contributed by atoms with Crippen molar-refractivity contribution in [3.05, 3.63) is 83.4 Å². The zero-order chi connectivity index (χ0) is 22.0. The van der Waals surface area contributed by atoms with Gasteiger partial charge in [-0.1, -0.05) is 47.6 Å². The molecule has 4 rings (SSSR count). The van der Waals surface area contributed by atoms with Crippen LogP contribution in [-0.2, 0) is 4.79 Å². The Balaban J connectivity index is 1.60. The quantitative estimate of drug-likeness (QED) is 0.356. The van der Waals surface area contributed by atoms with Crippen molar-refractivity contribution in [3.63, 3.8) is 0 Å². The van der Waals surface area contributed by atoms with Crippen molar-refractivity contribution >= 4 is 45.7 Å². The summed E-state index contributed by atoms with van der Waals surface area (Å²) in [6.07, 6.45) is 0. The Morgan fingerprint density at radius 3 is 2.42 bits per heavy atom. The van der Waals surface area contributed by atoms with E-state index in [0.29, 0.717) is 10.7 Å². The van der Waals surface area contributed by atoms with Gasteiger partial charge in [0.15, 0.2) is 0 Å². The number of nitrogens with zero attached hydrogens (tertiary/aromatic N) is 2. The zero-order valence-electron chi connectivity index (χ0n) is 16.3. The molecule has 0 saturated carbocycles.